The highest BCUT2D eigenvalue weighted by atomic mass is 32.2. The molecule has 3 heterocycles. The summed E-state index contributed by atoms with van der Waals surface area (Å²) in [6.45, 7) is -0.435. The zero-order chi connectivity index (χ0) is 13.8. The molecule has 9 heteroatoms. The number of esters is 2. The average molecular weight is 292 g/mol. The molecule has 8 nitrogen and oxygen atoms in total. The molecule has 3 saturated heterocycles. The molecule has 0 aromatic heterocycles. The Balaban J connectivity index is 1.61. The quantitative estimate of drug-likeness (QED) is 0.504. The first-order valence-electron chi connectivity index (χ1n) is 5.84. The Morgan fingerprint density at radius 3 is 2.84 bits per heavy atom. The van der Waals surface area contributed by atoms with Crippen LogP contribution in [0.15, 0.2) is 0 Å². The van der Waals surface area contributed by atoms with Crippen LogP contribution in [0.1, 0.15) is 6.42 Å². The smallest absolute Gasteiger partial charge is 0.315 e. The maximum atomic E-state index is 11.8. The van der Waals surface area contributed by atoms with E-state index in [2.05, 4.69) is 0 Å². The van der Waals surface area contributed by atoms with E-state index in [9.17, 15) is 18.0 Å². The van der Waals surface area contributed by atoms with Crippen LogP contribution in [0.2, 0.25) is 0 Å². The van der Waals surface area contributed by atoms with Crippen molar-refractivity contribution in [1.82, 2.24) is 0 Å². The van der Waals surface area contributed by atoms with Gasteiger partial charge < -0.3 is 14.2 Å². The predicted octanol–water partition coefficient (Wildman–Crippen LogP) is -1.25. The number of fused-ring (bicyclic) bond motifs is 1. The Morgan fingerprint density at radius 2 is 2.16 bits per heavy atom. The van der Waals surface area contributed by atoms with E-state index >= 15 is 0 Å². The summed E-state index contributed by atoms with van der Waals surface area (Å²) in [5.74, 6) is -2.67. The first-order chi connectivity index (χ1) is 8.87. The molecule has 5 unspecified atom stereocenters. The number of ether oxygens (including phenoxy) is 3. The van der Waals surface area contributed by atoms with Gasteiger partial charge in [0.05, 0.1) is 12.0 Å². The molecule has 3 aliphatic heterocycles. The van der Waals surface area contributed by atoms with Crippen LogP contribution in [0.3, 0.4) is 0 Å². The molecule has 0 amide bonds. The topological polar surface area (TPSA) is 116 Å². The highest BCUT2D eigenvalue weighted by Crippen LogP contribution is 2.49. The van der Waals surface area contributed by atoms with E-state index < -0.39 is 52.7 Å². The Morgan fingerprint density at radius 1 is 1.42 bits per heavy atom. The van der Waals surface area contributed by atoms with Gasteiger partial charge in [-0.15, -0.1) is 0 Å². The lowest BCUT2D eigenvalue weighted by Gasteiger charge is -2.20. The van der Waals surface area contributed by atoms with Gasteiger partial charge in [-0.2, -0.15) is 8.42 Å². The lowest BCUT2D eigenvalue weighted by atomic mass is 9.82. The molecule has 1 N–H and O–H groups in total. The van der Waals surface area contributed by atoms with Crippen LogP contribution in [-0.4, -0.2) is 55.6 Å². The average Bonchev–Trinajstić information content (AvgIpc) is 2.87. The van der Waals surface area contributed by atoms with Gasteiger partial charge >= 0.3 is 11.9 Å². The molecule has 3 rings (SSSR count). The molecule has 0 aromatic rings. The standard InChI is InChI=1S/C10H12O8S/c11-9-4-3-5-6(8(18-9)7(4)17-5)10(12)16-1-2-19(13,14)15/h4-8H,1-3H2,(H,13,14,15). The van der Waals surface area contributed by atoms with Gasteiger partial charge in [0.25, 0.3) is 10.1 Å². The third kappa shape index (κ3) is 2.11. The van der Waals surface area contributed by atoms with Crippen LogP contribution in [0, 0.1) is 11.8 Å². The van der Waals surface area contributed by atoms with Gasteiger partial charge in [0.1, 0.15) is 30.5 Å². The molecule has 0 saturated carbocycles. The normalized spacial score (nSPS) is 39.4. The predicted molar refractivity (Wildman–Crippen MR) is 57.5 cm³/mol. The van der Waals surface area contributed by atoms with E-state index in [0.717, 1.165) is 0 Å². The maximum Gasteiger partial charge on any atom is 0.315 e. The van der Waals surface area contributed by atoms with Crippen molar-refractivity contribution in [3.63, 3.8) is 0 Å². The van der Waals surface area contributed by atoms with Gasteiger partial charge in [0.15, 0.2) is 0 Å². The van der Waals surface area contributed by atoms with Crippen molar-refractivity contribution in [2.45, 2.75) is 24.7 Å². The van der Waals surface area contributed by atoms with Crippen molar-refractivity contribution in [2.24, 2.45) is 11.8 Å². The molecule has 2 bridgehead atoms. The van der Waals surface area contributed by atoms with Crippen LogP contribution in [0.4, 0.5) is 0 Å². The summed E-state index contributed by atoms with van der Waals surface area (Å²) >= 11 is 0. The zero-order valence-electron chi connectivity index (χ0n) is 9.72. The Hall–Kier alpha value is -1.19. The number of hydrogen-bond donors (Lipinski definition) is 1. The molecule has 0 radical (unpaired) electrons. The van der Waals surface area contributed by atoms with Crippen molar-refractivity contribution < 1.29 is 36.8 Å². The lowest BCUT2D eigenvalue weighted by molar-refractivity contribution is -0.155. The molecule has 19 heavy (non-hydrogen) atoms. The Kier molecular flexibility index (Phi) is 2.80. The van der Waals surface area contributed by atoms with E-state index in [1.54, 1.807) is 0 Å². The fraction of sp³-hybridized carbons (Fsp3) is 0.800. The van der Waals surface area contributed by atoms with Crippen molar-refractivity contribution in [2.75, 3.05) is 12.4 Å². The van der Waals surface area contributed by atoms with Crippen LogP contribution in [0.25, 0.3) is 0 Å². The highest BCUT2D eigenvalue weighted by molar-refractivity contribution is 7.85. The molecule has 106 valence electrons. The highest BCUT2D eigenvalue weighted by Gasteiger charge is 2.65. The summed E-state index contributed by atoms with van der Waals surface area (Å²) in [5, 5.41) is 0. The van der Waals surface area contributed by atoms with Gasteiger partial charge in [-0.25, -0.2) is 0 Å². The zero-order valence-corrected chi connectivity index (χ0v) is 10.5. The van der Waals surface area contributed by atoms with Gasteiger partial charge in [-0.3, -0.25) is 14.1 Å². The van der Waals surface area contributed by atoms with E-state index in [0.29, 0.717) is 6.42 Å². The summed E-state index contributed by atoms with van der Waals surface area (Å²) in [5.41, 5.74) is 0. The molecule has 5 atom stereocenters. The summed E-state index contributed by atoms with van der Waals surface area (Å²) < 4.78 is 44.9. The SMILES string of the molecule is O=C1OC2C3OC(CC13)C2C(=O)OCCS(=O)(=O)O. The van der Waals surface area contributed by atoms with Crippen LogP contribution in [0.5, 0.6) is 0 Å². The van der Waals surface area contributed by atoms with Crippen molar-refractivity contribution >= 4 is 22.1 Å². The number of carbonyl (C=O) groups excluding carboxylic acids is 2. The Bertz CT molecular complexity index is 526. The third-order valence-corrected chi connectivity index (χ3v) is 4.39. The van der Waals surface area contributed by atoms with Crippen LogP contribution < -0.4 is 0 Å². The minimum atomic E-state index is -4.17. The van der Waals surface area contributed by atoms with E-state index in [-0.39, 0.29) is 11.9 Å². The molecular formula is C10H12O8S. The van der Waals surface area contributed by atoms with E-state index in [1.165, 1.54) is 0 Å². The first-order valence-corrected chi connectivity index (χ1v) is 7.45. The van der Waals surface area contributed by atoms with Gasteiger partial charge in [0.2, 0.25) is 0 Å². The summed E-state index contributed by atoms with van der Waals surface area (Å²) in [6.07, 6.45) is -1.01. The molecule has 0 aliphatic carbocycles. The molecular weight excluding hydrogens is 280 g/mol. The van der Waals surface area contributed by atoms with E-state index in [4.69, 9.17) is 18.8 Å². The Labute approximate surface area is 108 Å². The second-order valence-corrected chi connectivity index (χ2v) is 6.43. The van der Waals surface area contributed by atoms with Crippen LogP contribution in [-0.2, 0) is 33.9 Å². The third-order valence-electron chi connectivity index (χ3n) is 3.71. The van der Waals surface area contributed by atoms with E-state index in [1.807, 2.05) is 0 Å². The maximum absolute atomic E-state index is 11.8. The minimum absolute atomic E-state index is 0.295. The molecule has 3 fully saturated rings. The fourth-order valence-corrected chi connectivity index (χ4v) is 3.21. The van der Waals surface area contributed by atoms with Crippen molar-refractivity contribution in [1.29, 1.82) is 0 Å². The van der Waals surface area contributed by atoms with Gasteiger partial charge in [-0.1, -0.05) is 0 Å². The van der Waals surface area contributed by atoms with Gasteiger partial charge in [0, 0.05) is 0 Å². The number of carbonyl (C=O) groups is 2. The minimum Gasteiger partial charge on any atom is -0.464 e. The van der Waals surface area contributed by atoms with Gasteiger partial charge in [-0.05, 0) is 6.42 Å². The van der Waals surface area contributed by atoms with Crippen molar-refractivity contribution in [3.05, 3.63) is 0 Å². The fourth-order valence-electron chi connectivity index (χ4n) is 2.91. The van der Waals surface area contributed by atoms with Crippen LogP contribution >= 0.6 is 0 Å². The summed E-state index contributed by atoms with van der Waals surface area (Å²) in [7, 11) is -4.17. The molecule has 0 spiro atoms. The first kappa shape index (κ1) is 12.8. The number of hydrogen-bond acceptors (Lipinski definition) is 7. The summed E-state index contributed by atoms with van der Waals surface area (Å²) in [6, 6.07) is 0. The largest absolute Gasteiger partial charge is 0.464 e. The molecule has 3 aliphatic rings. The second kappa shape index (κ2) is 4.15. The lowest BCUT2D eigenvalue weighted by Crippen LogP contribution is -2.38. The number of rotatable bonds is 4. The molecule has 0 aromatic carbocycles. The van der Waals surface area contributed by atoms with Crippen molar-refractivity contribution in [3.8, 4) is 0 Å². The monoisotopic (exact) mass is 292 g/mol. The summed E-state index contributed by atoms with van der Waals surface area (Å²) in [4.78, 5) is 23.3. The second-order valence-electron chi connectivity index (χ2n) is 4.86.